The number of piperazine rings is 1. The van der Waals surface area contributed by atoms with Gasteiger partial charge < -0.3 is 5.32 Å². The van der Waals surface area contributed by atoms with Gasteiger partial charge in [-0.3, -0.25) is 4.90 Å². The molecule has 0 amide bonds. The van der Waals surface area contributed by atoms with E-state index in [-0.39, 0.29) is 0 Å². The van der Waals surface area contributed by atoms with Crippen molar-refractivity contribution >= 4 is 0 Å². The van der Waals surface area contributed by atoms with Gasteiger partial charge in [-0.15, -0.1) is 0 Å². The van der Waals surface area contributed by atoms with Crippen LogP contribution in [0, 0.1) is 17.8 Å². The molecule has 4 aliphatic rings. The first kappa shape index (κ1) is 8.12. The molecule has 4 fully saturated rings. The fourth-order valence-electron chi connectivity index (χ4n) is 4.93. The summed E-state index contributed by atoms with van der Waals surface area (Å²) in [6.07, 6.45) is 6.19. The third-order valence-electron chi connectivity index (χ3n) is 5.36. The second-order valence-corrected chi connectivity index (χ2v) is 5.82. The van der Waals surface area contributed by atoms with Gasteiger partial charge in [0.2, 0.25) is 0 Å². The molecule has 2 heterocycles. The van der Waals surface area contributed by atoms with E-state index >= 15 is 0 Å². The van der Waals surface area contributed by atoms with Crippen LogP contribution in [0.5, 0.6) is 0 Å². The summed E-state index contributed by atoms with van der Waals surface area (Å²) in [5.41, 5.74) is 0. The molecule has 2 heteroatoms. The largest absolute Gasteiger partial charge is 0.314 e. The Bertz CT molecular complexity index is 253. The maximum absolute atomic E-state index is 3.55. The van der Waals surface area contributed by atoms with Crippen LogP contribution in [0.2, 0.25) is 0 Å². The van der Waals surface area contributed by atoms with Crippen molar-refractivity contribution < 1.29 is 0 Å². The first-order valence-corrected chi connectivity index (χ1v) is 6.40. The van der Waals surface area contributed by atoms with E-state index in [1.165, 1.54) is 26.1 Å². The molecule has 2 saturated heterocycles. The van der Waals surface area contributed by atoms with Crippen LogP contribution in [0.4, 0.5) is 0 Å². The Morgan fingerprint density at radius 2 is 2.00 bits per heavy atom. The lowest BCUT2D eigenvalue weighted by Crippen LogP contribution is -2.52. The van der Waals surface area contributed by atoms with E-state index in [2.05, 4.69) is 10.2 Å². The number of nitrogens with one attached hydrogen (secondary N) is 1. The monoisotopic (exact) mass is 192 g/mol. The highest BCUT2D eigenvalue weighted by atomic mass is 15.3. The molecule has 0 aromatic heterocycles. The number of hydrogen-bond donors (Lipinski definition) is 1. The third kappa shape index (κ3) is 0.892. The normalized spacial score (nSPS) is 56.1. The fourth-order valence-corrected chi connectivity index (χ4v) is 4.93. The van der Waals surface area contributed by atoms with Gasteiger partial charge in [-0.05, 0) is 43.4 Å². The smallest absolute Gasteiger partial charge is 0.0227 e. The van der Waals surface area contributed by atoms with Gasteiger partial charge in [-0.1, -0.05) is 0 Å². The Morgan fingerprint density at radius 3 is 3.00 bits per heavy atom. The van der Waals surface area contributed by atoms with Crippen molar-refractivity contribution in [1.29, 1.82) is 0 Å². The molecule has 4 rings (SSSR count). The van der Waals surface area contributed by atoms with Crippen LogP contribution in [0.25, 0.3) is 0 Å². The lowest BCUT2D eigenvalue weighted by molar-refractivity contribution is 0.118. The molecule has 78 valence electrons. The summed E-state index contributed by atoms with van der Waals surface area (Å²) in [7, 11) is 0. The summed E-state index contributed by atoms with van der Waals surface area (Å²) in [5.74, 6) is 3.31. The molecule has 0 spiro atoms. The Balaban J connectivity index is 1.65. The van der Waals surface area contributed by atoms with Gasteiger partial charge in [0.25, 0.3) is 0 Å². The molecule has 2 saturated carbocycles. The maximum atomic E-state index is 3.55. The van der Waals surface area contributed by atoms with Crippen LogP contribution >= 0.6 is 0 Å². The van der Waals surface area contributed by atoms with Crippen molar-refractivity contribution in [2.24, 2.45) is 17.8 Å². The predicted molar refractivity (Wildman–Crippen MR) is 56.1 cm³/mol. The van der Waals surface area contributed by atoms with E-state index in [4.69, 9.17) is 0 Å². The van der Waals surface area contributed by atoms with Gasteiger partial charge in [-0.2, -0.15) is 0 Å². The molecule has 2 bridgehead atoms. The highest BCUT2D eigenvalue weighted by molar-refractivity contribution is 5.09. The third-order valence-corrected chi connectivity index (χ3v) is 5.36. The predicted octanol–water partition coefficient (Wildman–Crippen LogP) is 1.08. The number of nitrogens with zero attached hydrogens (tertiary/aromatic N) is 1. The van der Waals surface area contributed by atoms with Crippen molar-refractivity contribution in [3.8, 4) is 0 Å². The van der Waals surface area contributed by atoms with Crippen LogP contribution in [0.15, 0.2) is 0 Å². The van der Waals surface area contributed by atoms with Gasteiger partial charge in [0, 0.05) is 31.7 Å². The SMILES string of the molecule is C1CN2C(CN1)CC1C2[C@H]2CC[C@@H]1C2. The molecule has 2 aliphatic carbocycles. The minimum absolute atomic E-state index is 0.905. The van der Waals surface area contributed by atoms with Crippen LogP contribution in [-0.2, 0) is 0 Å². The zero-order chi connectivity index (χ0) is 9.12. The highest BCUT2D eigenvalue weighted by Gasteiger charge is 2.55. The molecule has 2 aliphatic heterocycles. The van der Waals surface area contributed by atoms with E-state index < -0.39 is 0 Å². The van der Waals surface area contributed by atoms with Crippen molar-refractivity contribution in [3.63, 3.8) is 0 Å². The van der Waals surface area contributed by atoms with E-state index in [1.54, 1.807) is 19.3 Å². The van der Waals surface area contributed by atoms with E-state index in [0.29, 0.717) is 0 Å². The van der Waals surface area contributed by atoms with Gasteiger partial charge in [0.1, 0.15) is 0 Å². The summed E-state index contributed by atoms with van der Waals surface area (Å²) in [4.78, 5) is 2.87. The van der Waals surface area contributed by atoms with E-state index in [1.807, 2.05) is 0 Å². The summed E-state index contributed by atoms with van der Waals surface area (Å²) in [5, 5.41) is 3.55. The van der Waals surface area contributed by atoms with Crippen LogP contribution in [0.3, 0.4) is 0 Å². The zero-order valence-corrected chi connectivity index (χ0v) is 8.78. The van der Waals surface area contributed by atoms with Crippen LogP contribution in [0.1, 0.15) is 25.7 Å². The lowest BCUT2D eigenvalue weighted by atomic mass is 9.84. The quantitative estimate of drug-likeness (QED) is 0.618. The summed E-state index contributed by atoms with van der Waals surface area (Å²) < 4.78 is 0. The standard InChI is InChI=1S/C12H20N2/c1-2-9-5-8(1)11-6-10-7-13-3-4-14(10)12(9)11/h8-13H,1-7H2/t8-,9+,10?,11?,12?/m1/s1. The maximum Gasteiger partial charge on any atom is 0.0227 e. The Morgan fingerprint density at radius 1 is 1.07 bits per heavy atom. The first-order valence-electron chi connectivity index (χ1n) is 6.40. The lowest BCUT2D eigenvalue weighted by Gasteiger charge is -2.37. The van der Waals surface area contributed by atoms with Gasteiger partial charge in [-0.25, -0.2) is 0 Å². The van der Waals surface area contributed by atoms with Crippen LogP contribution in [-0.4, -0.2) is 36.6 Å². The minimum Gasteiger partial charge on any atom is -0.314 e. The number of hydrogen-bond acceptors (Lipinski definition) is 2. The molecule has 0 aromatic rings. The molecule has 1 N–H and O–H groups in total. The molecule has 2 nitrogen and oxygen atoms in total. The number of rotatable bonds is 0. The molecule has 3 unspecified atom stereocenters. The van der Waals surface area contributed by atoms with Crippen molar-refractivity contribution in [2.45, 2.75) is 37.8 Å². The first-order chi connectivity index (χ1) is 6.93. The summed E-state index contributed by atoms with van der Waals surface area (Å²) in [6.45, 7) is 3.83. The summed E-state index contributed by atoms with van der Waals surface area (Å²) in [6, 6.07) is 1.92. The minimum atomic E-state index is 0.905. The second-order valence-electron chi connectivity index (χ2n) is 5.82. The molecular weight excluding hydrogens is 172 g/mol. The molecular formula is C12H20N2. The highest BCUT2D eigenvalue weighted by Crippen LogP contribution is 2.55. The topological polar surface area (TPSA) is 15.3 Å². The molecule has 5 atom stereocenters. The van der Waals surface area contributed by atoms with Crippen molar-refractivity contribution in [3.05, 3.63) is 0 Å². The van der Waals surface area contributed by atoms with Gasteiger partial charge >= 0.3 is 0 Å². The zero-order valence-electron chi connectivity index (χ0n) is 8.78. The van der Waals surface area contributed by atoms with Crippen molar-refractivity contribution in [2.75, 3.05) is 19.6 Å². The second kappa shape index (κ2) is 2.73. The molecule has 0 radical (unpaired) electrons. The molecule has 14 heavy (non-hydrogen) atoms. The molecule has 0 aromatic carbocycles. The fraction of sp³-hybridized carbons (Fsp3) is 1.00. The Hall–Kier alpha value is -0.0800. The average molecular weight is 192 g/mol. The van der Waals surface area contributed by atoms with Gasteiger partial charge in [0.05, 0.1) is 0 Å². The van der Waals surface area contributed by atoms with Crippen molar-refractivity contribution in [1.82, 2.24) is 10.2 Å². The average Bonchev–Trinajstić information content (AvgIpc) is 2.88. The Labute approximate surface area is 86.0 Å². The number of fused-ring (bicyclic) bond motifs is 7. The van der Waals surface area contributed by atoms with Gasteiger partial charge in [0.15, 0.2) is 0 Å². The van der Waals surface area contributed by atoms with Crippen LogP contribution < -0.4 is 5.32 Å². The van der Waals surface area contributed by atoms with E-state index in [0.717, 1.165) is 29.8 Å². The van der Waals surface area contributed by atoms with E-state index in [9.17, 15) is 0 Å². The summed E-state index contributed by atoms with van der Waals surface area (Å²) >= 11 is 0. The Kier molecular flexibility index (Phi) is 1.58.